The molecule has 0 aromatic carbocycles. The number of ketones is 2. The van der Waals surface area contributed by atoms with Crippen LogP contribution in [0.3, 0.4) is 0 Å². The Morgan fingerprint density at radius 3 is 2.69 bits per heavy atom. The molecule has 0 heterocycles. The molecule has 0 radical (unpaired) electrons. The smallest absolute Gasteiger partial charge is 0.190 e. The molecule has 4 aliphatic carbocycles. The van der Waals surface area contributed by atoms with Crippen LogP contribution in [-0.2, 0) is 9.59 Å². The predicted molar refractivity (Wildman–Crippen MR) is 98.3 cm³/mol. The molecule has 4 rings (SSSR count). The number of carbonyl (C=O) groups is 2. The molecule has 4 aliphatic rings. The quantitative estimate of drug-likeness (QED) is 0.796. The molecular weight excluding hydrogens is 328 g/mol. The summed E-state index contributed by atoms with van der Waals surface area (Å²) in [4.78, 5) is 25.7. The highest BCUT2D eigenvalue weighted by Gasteiger charge is 2.68. The number of hydrogen-bond donors (Lipinski definition) is 2. The molecule has 0 bridgehead atoms. The average Bonchev–Trinajstić information content (AvgIpc) is 2.86. The Labute approximate surface area is 155 Å². The fourth-order valence-corrected chi connectivity index (χ4v) is 7.07. The number of carbonyl (C=O) groups excluding carboxylic acids is 2. The zero-order chi connectivity index (χ0) is 18.9. The highest BCUT2D eigenvalue weighted by atomic mass is 16.3. The topological polar surface area (TPSA) is 74.6 Å². The van der Waals surface area contributed by atoms with Crippen molar-refractivity contribution in [3.8, 4) is 0 Å². The average molecular weight is 358 g/mol. The third-order valence-corrected chi connectivity index (χ3v) is 8.53. The first-order chi connectivity index (χ1) is 12.2. The van der Waals surface area contributed by atoms with Gasteiger partial charge in [0.25, 0.3) is 0 Å². The molecule has 4 nitrogen and oxygen atoms in total. The van der Waals surface area contributed by atoms with Crippen LogP contribution >= 0.6 is 0 Å². The van der Waals surface area contributed by atoms with Crippen LogP contribution in [0.2, 0.25) is 0 Å². The normalized spacial score (nSPS) is 47.7. The molecule has 142 valence electrons. The highest BCUT2D eigenvalue weighted by molar-refractivity contribution is 5.92. The van der Waals surface area contributed by atoms with Gasteiger partial charge in [-0.2, -0.15) is 0 Å². The minimum Gasteiger partial charge on any atom is -0.388 e. The molecule has 0 aromatic rings. The summed E-state index contributed by atoms with van der Waals surface area (Å²) in [6.45, 7) is 7.60. The number of Topliss-reactive ketones (excluding diaryl/α,β-unsaturated/α-hetero) is 2. The van der Waals surface area contributed by atoms with Crippen molar-refractivity contribution in [3.05, 3.63) is 23.8 Å². The number of allylic oxidation sites excluding steroid dienone is 3. The molecule has 0 unspecified atom stereocenters. The first-order valence-corrected chi connectivity index (χ1v) is 9.95. The Balaban J connectivity index is 1.75. The summed E-state index contributed by atoms with van der Waals surface area (Å²) in [5, 5.41) is 20.5. The van der Waals surface area contributed by atoms with E-state index in [0.29, 0.717) is 6.42 Å². The van der Waals surface area contributed by atoms with E-state index in [1.807, 2.05) is 6.92 Å². The van der Waals surface area contributed by atoms with Gasteiger partial charge in [0.05, 0.1) is 0 Å². The standard InChI is InChI=1S/C22H30O4/c1-13-6-8-20(2)14(10-13)4-5-15-16-7-9-22(26,18(25)12-23)21(16,3)11-17(24)19(15)20/h10,15-16,19,23,26H,1,4-9,11-12H2,2-3H3/t15-,16-,19+,20-,21-,22-/m0/s1. The van der Waals surface area contributed by atoms with Crippen molar-refractivity contribution in [2.75, 3.05) is 6.61 Å². The maximum absolute atomic E-state index is 13.4. The van der Waals surface area contributed by atoms with E-state index in [1.165, 1.54) is 5.57 Å². The zero-order valence-corrected chi connectivity index (χ0v) is 15.9. The van der Waals surface area contributed by atoms with Gasteiger partial charge in [-0.3, -0.25) is 9.59 Å². The van der Waals surface area contributed by atoms with Crippen LogP contribution in [0, 0.1) is 28.6 Å². The maximum Gasteiger partial charge on any atom is 0.190 e. The number of aliphatic hydroxyl groups excluding tert-OH is 1. The van der Waals surface area contributed by atoms with E-state index in [-0.39, 0.29) is 35.4 Å². The molecule has 6 atom stereocenters. The molecule has 0 aromatic heterocycles. The van der Waals surface area contributed by atoms with Gasteiger partial charge in [0.2, 0.25) is 0 Å². The lowest BCUT2D eigenvalue weighted by atomic mass is 9.45. The largest absolute Gasteiger partial charge is 0.388 e. The lowest BCUT2D eigenvalue weighted by Gasteiger charge is -2.58. The number of fused-ring (bicyclic) bond motifs is 5. The molecule has 26 heavy (non-hydrogen) atoms. The summed E-state index contributed by atoms with van der Waals surface area (Å²) >= 11 is 0. The lowest BCUT2D eigenvalue weighted by molar-refractivity contribution is -0.170. The van der Waals surface area contributed by atoms with Crippen molar-refractivity contribution in [1.29, 1.82) is 0 Å². The van der Waals surface area contributed by atoms with Gasteiger partial charge in [0.1, 0.15) is 18.0 Å². The molecule has 0 aliphatic heterocycles. The SMILES string of the molecule is C=C1C=C2CC[C@@H]3[C@H](C(=O)C[C@@]4(C)[C@H]3CC[C@]4(O)C(=O)CO)[C@@]2(C)CC1. The summed E-state index contributed by atoms with van der Waals surface area (Å²) in [6, 6.07) is 0. The van der Waals surface area contributed by atoms with Crippen LogP contribution < -0.4 is 0 Å². The van der Waals surface area contributed by atoms with E-state index in [2.05, 4.69) is 19.6 Å². The molecule has 0 saturated heterocycles. The molecule has 2 N–H and O–H groups in total. The molecular formula is C22H30O4. The van der Waals surface area contributed by atoms with Gasteiger partial charge >= 0.3 is 0 Å². The minimum atomic E-state index is -1.56. The monoisotopic (exact) mass is 358 g/mol. The van der Waals surface area contributed by atoms with Crippen LogP contribution in [-0.4, -0.2) is 34.0 Å². The van der Waals surface area contributed by atoms with Crippen LogP contribution in [0.4, 0.5) is 0 Å². The molecule has 0 amide bonds. The van der Waals surface area contributed by atoms with Crippen molar-refractivity contribution in [3.63, 3.8) is 0 Å². The van der Waals surface area contributed by atoms with Crippen LogP contribution in [0.15, 0.2) is 23.8 Å². The van der Waals surface area contributed by atoms with Gasteiger partial charge in [0.15, 0.2) is 5.78 Å². The summed E-state index contributed by atoms with van der Waals surface area (Å²) < 4.78 is 0. The van der Waals surface area contributed by atoms with Gasteiger partial charge in [-0.15, -0.1) is 0 Å². The number of hydrogen-bond acceptors (Lipinski definition) is 4. The first-order valence-electron chi connectivity index (χ1n) is 9.95. The predicted octanol–water partition coefficient (Wildman–Crippen LogP) is 2.98. The van der Waals surface area contributed by atoms with Crippen LogP contribution in [0.5, 0.6) is 0 Å². The lowest BCUT2D eigenvalue weighted by Crippen LogP contribution is -2.60. The first kappa shape index (κ1) is 18.1. The summed E-state index contributed by atoms with van der Waals surface area (Å²) in [6.07, 6.45) is 7.39. The van der Waals surface area contributed by atoms with Crippen molar-refractivity contribution < 1.29 is 19.8 Å². The molecule has 3 saturated carbocycles. The molecule has 4 heteroatoms. The van der Waals surface area contributed by atoms with E-state index >= 15 is 0 Å². The second-order valence-electron chi connectivity index (χ2n) is 9.57. The fraction of sp³-hybridized carbons (Fsp3) is 0.727. The van der Waals surface area contributed by atoms with E-state index in [0.717, 1.165) is 37.7 Å². The van der Waals surface area contributed by atoms with E-state index in [4.69, 9.17) is 0 Å². The van der Waals surface area contributed by atoms with E-state index in [1.54, 1.807) is 0 Å². The Morgan fingerprint density at radius 1 is 1.27 bits per heavy atom. The Morgan fingerprint density at radius 2 is 2.00 bits per heavy atom. The Hall–Kier alpha value is -1.26. The zero-order valence-electron chi connectivity index (χ0n) is 15.9. The van der Waals surface area contributed by atoms with Crippen LogP contribution in [0.1, 0.15) is 58.8 Å². The second-order valence-corrected chi connectivity index (χ2v) is 9.57. The summed E-state index contributed by atoms with van der Waals surface area (Å²) in [7, 11) is 0. The minimum absolute atomic E-state index is 0.0137. The van der Waals surface area contributed by atoms with Gasteiger partial charge in [-0.05, 0) is 55.8 Å². The number of aliphatic hydroxyl groups is 2. The second kappa shape index (κ2) is 5.62. The highest BCUT2D eigenvalue weighted by Crippen LogP contribution is 2.66. The molecule has 0 spiro atoms. The van der Waals surface area contributed by atoms with Gasteiger partial charge in [0, 0.05) is 17.8 Å². The Bertz CT molecular complexity index is 722. The van der Waals surface area contributed by atoms with Crippen LogP contribution in [0.25, 0.3) is 0 Å². The van der Waals surface area contributed by atoms with E-state index in [9.17, 15) is 19.8 Å². The Kier molecular flexibility index (Phi) is 3.92. The third kappa shape index (κ3) is 2.09. The summed E-state index contributed by atoms with van der Waals surface area (Å²) in [5.41, 5.74) is 0.107. The third-order valence-electron chi connectivity index (χ3n) is 8.53. The fourth-order valence-electron chi connectivity index (χ4n) is 7.07. The molecule has 3 fully saturated rings. The van der Waals surface area contributed by atoms with E-state index < -0.39 is 23.4 Å². The van der Waals surface area contributed by atoms with Gasteiger partial charge in [-0.25, -0.2) is 0 Å². The van der Waals surface area contributed by atoms with Crippen molar-refractivity contribution in [2.24, 2.45) is 28.6 Å². The van der Waals surface area contributed by atoms with Gasteiger partial charge in [-0.1, -0.05) is 37.6 Å². The summed E-state index contributed by atoms with van der Waals surface area (Å²) in [5.74, 6) is 0.0375. The maximum atomic E-state index is 13.4. The van der Waals surface area contributed by atoms with Crippen molar-refractivity contribution >= 4 is 11.6 Å². The van der Waals surface area contributed by atoms with Crippen molar-refractivity contribution in [2.45, 2.75) is 64.4 Å². The van der Waals surface area contributed by atoms with Crippen molar-refractivity contribution in [1.82, 2.24) is 0 Å². The van der Waals surface area contributed by atoms with Gasteiger partial charge < -0.3 is 10.2 Å². The number of rotatable bonds is 2.